The van der Waals surface area contributed by atoms with Gasteiger partial charge in [-0.25, -0.2) is 0 Å². The van der Waals surface area contributed by atoms with Gasteiger partial charge in [0.1, 0.15) is 12.3 Å². The largest absolute Gasteiger partial charge is 0.348 e. The SMILES string of the molecule is CC(C)C(NOC(C)(C)C)C(=O)NCC=O. The van der Waals surface area contributed by atoms with Crippen molar-refractivity contribution in [2.75, 3.05) is 6.54 Å². The van der Waals surface area contributed by atoms with E-state index in [9.17, 15) is 9.59 Å². The molecule has 16 heavy (non-hydrogen) atoms. The molecule has 0 radical (unpaired) electrons. The number of rotatable bonds is 6. The normalized spacial score (nSPS) is 13.6. The van der Waals surface area contributed by atoms with Crippen molar-refractivity contribution in [3.63, 3.8) is 0 Å². The van der Waals surface area contributed by atoms with E-state index in [1.807, 2.05) is 34.6 Å². The van der Waals surface area contributed by atoms with Crippen molar-refractivity contribution < 1.29 is 14.4 Å². The average Bonchev–Trinajstić information content (AvgIpc) is 2.12. The summed E-state index contributed by atoms with van der Waals surface area (Å²) in [5.41, 5.74) is 2.38. The molecule has 0 aromatic heterocycles. The van der Waals surface area contributed by atoms with Crippen molar-refractivity contribution >= 4 is 12.2 Å². The van der Waals surface area contributed by atoms with E-state index in [-0.39, 0.29) is 24.0 Å². The van der Waals surface area contributed by atoms with Crippen LogP contribution in [0.5, 0.6) is 0 Å². The summed E-state index contributed by atoms with van der Waals surface area (Å²) in [5, 5.41) is 2.50. The lowest BCUT2D eigenvalue weighted by Gasteiger charge is -2.26. The molecule has 0 aliphatic rings. The molecule has 0 spiro atoms. The molecular weight excluding hydrogens is 208 g/mol. The molecule has 94 valence electrons. The molecule has 0 aromatic carbocycles. The number of aldehydes is 1. The summed E-state index contributed by atoms with van der Waals surface area (Å²) >= 11 is 0. The summed E-state index contributed by atoms with van der Waals surface area (Å²) in [7, 11) is 0. The predicted molar refractivity (Wildman–Crippen MR) is 61.7 cm³/mol. The molecule has 0 rings (SSSR count). The van der Waals surface area contributed by atoms with Crippen LogP contribution < -0.4 is 10.8 Å². The molecular formula is C11H22N2O3. The van der Waals surface area contributed by atoms with Crippen LogP contribution >= 0.6 is 0 Å². The summed E-state index contributed by atoms with van der Waals surface area (Å²) in [4.78, 5) is 27.2. The standard InChI is InChI=1S/C11H22N2O3/c1-8(2)9(10(15)12-6-7-14)13-16-11(3,4)5/h7-9,13H,6H2,1-5H3,(H,12,15). The Morgan fingerprint density at radius 2 is 1.94 bits per heavy atom. The van der Waals surface area contributed by atoms with Gasteiger partial charge in [-0.2, -0.15) is 5.48 Å². The van der Waals surface area contributed by atoms with Crippen molar-refractivity contribution in [2.24, 2.45) is 5.92 Å². The van der Waals surface area contributed by atoms with Gasteiger partial charge < -0.3 is 10.1 Å². The lowest BCUT2D eigenvalue weighted by atomic mass is 10.0. The first kappa shape index (κ1) is 15.1. The summed E-state index contributed by atoms with van der Waals surface area (Å²) in [6.45, 7) is 9.51. The monoisotopic (exact) mass is 230 g/mol. The first-order valence-electron chi connectivity index (χ1n) is 5.43. The van der Waals surface area contributed by atoms with Crippen LogP contribution in [0.1, 0.15) is 34.6 Å². The quantitative estimate of drug-likeness (QED) is 0.519. The molecule has 5 heteroatoms. The molecule has 2 N–H and O–H groups in total. The summed E-state index contributed by atoms with van der Waals surface area (Å²) in [6, 6.07) is -0.459. The highest BCUT2D eigenvalue weighted by atomic mass is 16.7. The van der Waals surface area contributed by atoms with E-state index in [1.165, 1.54) is 0 Å². The highest BCUT2D eigenvalue weighted by molar-refractivity contribution is 5.83. The Morgan fingerprint density at radius 3 is 2.31 bits per heavy atom. The predicted octanol–water partition coefficient (Wildman–Crippen LogP) is 0.646. The highest BCUT2D eigenvalue weighted by Crippen LogP contribution is 2.08. The number of amides is 1. The number of carbonyl (C=O) groups excluding carboxylic acids is 2. The Bertz CT molecular complexity index is 234. The Kier molecular flexibility index (Phi) is 6.21. The van der Waals surface area contributed by atoms with Crippen LogP contribution in [0, 0.1) is 5.92 Å². The smallest absolute Gasteiger partial charge is 0.240 e. The van der Waals surface area contributed by atoms with Crippen LogP contribution in [0.4, 0.5) is 0 Å². The molecule has 0 saturated carbocycles. The van der Waals surface area contributed by atoms with Gasteiger partial charge in [-0.3, -0.25) is 9.63 Å². The Morgan fingerprint density at radius 1 is 1.38 bits per heavy atom. The van der Waals surface area contributed by atoms with Gasteiger partial charge in [-0.1, -0.05) is 13.8 Å². The fourth-order valence-corrected chi connectivity index (χ4v) is 0.985. The molecule has 0 aliphatic carbocycles. The molecule has 0 aromatic rings. The fraction of sp³-hybridized carbons (Fsp3) is 0.818. The first-order chi connectivity index (χ1) is 7.28. The Hall–Kier alpha value is -0.940. The summed E-state index contributed by atoms with van der Waals surface area (Å²) < 4.78 is 0. The second-order valence-electron chi connectivity index (χ2n) is 4.97. The third-order valence-electron chi connectivity index (χ3n) is 1.80. The third kappa shape index (κ3) is 6.53. The second-order valence-corrected chi connectivity index (χ2v) is 4.97. The number of hydroxylamine groups is 1. The van der Waals surface area contributed by atoms with E-state index >= 15 is 0 Å². The first-order valence-corrected chi connectivity index (χ1v) is 5.43. The van der Waals surface area contributed by atoms with Crippen LogP contribution in [-0.2, 0) is 14.4 Å². The van der Waals surface area contributed by atoms with Crippen molar-refractivity contribution in [1.82, 2.24) is 10.8 Å². The zero-order valence-corrected chi connectivity index (χ0v) is 10.7. The van der Waals surface area contributed by atoms with E-state index in [0.29, 0.717) is 6.29 Å². The molecule has 0 aliphatic heterocycles. The van der Waals surface area contributed by atoms with Crippen LogP contribution in [0.3, 0.4) is 0 Å². The molecule has 0 bridgehead atoms. The number of carbonyl (C=O) groups is 2. The van der Waals surface area contributed by atoms with Gasteiger partial charge in [-0.15, -0.1) is 0 Å². The van der Waals surface area contributed by atoms with Crippen molar-refractivity contribution in [1.29, 1.82) is 0 Å². The van der Waals surface area contributed by atoms with Gasteiger partial charge in [0, 0.05) is 0 Å². The van der Waals surface area contributed by atoms with Gasteiger partial charge in [0.05, 0.1) is 12.1 Å². The molecule has 5 nitrogen and oxygen atoms in total. The van der Waals surface area contributed by atoms with E-state index < -0.39 is 6.04 Å². The zero-order chi connectivity index (χ0) is 12.8. The minimum atomic E-state index is -0.459. The second kappa shape index (κ2) is 6.60. The average molecular weight is 230 g/mol. The van der Waals surface area contributed by atoms with E-state index in [4.69, 9.17) is 4.84 Å². The molecule has 1 amide bonds. The Balaban J connectivity index is 4.27. The van der Waals surface area contributed by atoms with Crippen molar-refractivity contribution in [3.8, 4) is 0 Å². The lowest BCUT2D eigenvalue weighted by Crippen LogP contribution is -2.49. The van der Waals surface area contributed by atoms with Crippen LogP contribution in [0.2, 0.25) is 0 Å². The molecule has 0 saturated heterocycles. The molecule has 0 fully saturated rings. The lowest BCUT2D eigenvalue weighted by molar-refractivity contribution is -0.138. The van der Waals surface area contributed by atoms with Crippen LogP contribution in [-0.4, -0.2) is 30.4 Å². The van der Waals surface area contributed by atoms with Gasteiger partial charge in [0.2, 0.25) is 5.91 Å². The topological polar surface area (TPSA) is 67.4 Å². The fourth-order valence-electron chi connectivity index (χ4n) is 0.985. The highest BCUT2D eigenvalue weighted by Gasteiger charge is 2.24. The molecule has 1 atom stereocenters. The van der Waals surface area contributed by atoms with Gasteiger partial charge in [0.25, 0.3) is 0 Å². The van der Waals surface area contributed by atoms with Crippen LogP contribution in [0.15, 0.2) is 0 Å². The minimum Gasteiger partial charge on any atom is -0.348 e. The van der Waals surface area contributed by atoms with Gasteiger partial charge in [0.15, 0.2) is 0 Å². The van der Waals surface area contributed by atoms with E-state index in [1.54, 1.807) is 0 Å². The number of nitrogens with one attached hydrogen (secondary N) is 2. The number of hydrogen-bond donors (Lipinski definition) is 2. The number of hydrogen-bond acceptors (Lipinski definition) is 4. The Labute approximate surface area is 96.9 Å². The van der Waals surface area contributed by atoms with Gasteiger partial charge >= 0.3 is 0 Å². The van der Waals surface area contributed by atoms with Crippen molar-refractivity contribution in [2.45, 2.75) is 46.3 Å². The van der Waals surface area contributed by atoms with E-state index in [2.05, 4.69) is 10.8 Å². The molecule has 1 unspecified atom stereocenters. The maximum atomic E-state index is 11.6. The third-order valence-corrected chi connectivity index (χ3v) is 1.80. The van der Waals surface area contributed by atoms with Gasteiger partial charge in [-0.05, 0) is 26.7 Å². The molecule has 0 heterocycles. The van der Waals surface area contributed by atoms with Crippen molar-refractivity contribution in [3.05, 3.63) is 0 Å². The summed E-state index contributed by atoms with van der Waals surface area (Å²) in [5.74, 6) is -0.152. The maximum absolute atomic E-state index is 11.6. The maximum Gasteiger partial charge on any atom is 0.240 e. The minimum absolute atomic E-state index is 0.0270. The zero-order valence-electron chi connectivity index (χ0n) is 10.7. The van der Waals surface area contributed by atoms with Crippen LogP contribution in [0.25, 0.3) is 0 Å². The summed E-state index contributed by atoms with van der Waals surface area (Å²) in [6.07, 6.45) is 0.653. The van der Waals surface area contributed by atoms with E-state index in [0.717, 1.165) is 0 Å².